The Morgan fingerprint density at radius 1 is 1.03 bits per heavy atom. The van der Waals surface area contributed by atoms with E-state index >= 15 is 0 Å². The number of hydrogen-bond acceptors (Lipinski definition) is 5. The number of carbonyl (C=O) groups excluding carboxylic acids is 2. The van der Waals surface area contributed by atoms with Crippen LogP contribution < -0.4 is 0 Å². The molecule has 0 aromatic rings. The maximum absolute atomic E-state index is 12.6. The standard InChI is InChI=1S/C28H42N2O3/c1-18(29-33-26(32)19-11-15-30(4)16-12-19)23-7-8-24-22-6-5-20-17-21(31)9-13-27(20,2)25(22)10-14-28(23,24)3/h17,19,22-25H,5-16H2,1-4H3/t22-,23+,24-,25-,27-,28+/m0/s1. The molecule has 0 unspecified atom stereocenters. The van der Waals surface area contributed by atoms with Gasteiger partial charge in [-0.3, -0.25) is 4.79 Å². The third-order valence-electron chi connectivity index (χ3n) is 10.8. The number of rotatable bonds is 3. The number of allylic oxidation sites excluding steroid dienone is 1. The van der Waals surface area contributed by atoms with Crippen molar-refractivity contribution in [3.05, 3.63) is 11.6 Å². The summed E-state index contributed by atoms with van der Waals surface area (Å²) >= 11 is 0. The van der Waals surface area contributed by atoms with Crippen LogP contribution in [-0.4, -0.2) is 42.5 Å². The molecule has 0 aromatic carbocycles. The van der Waals surface area contributed by atoms with E-state index in [0.29, 0.717) is 23.5 Å². The molecule has 0 spiro atoms. The van der Waals surface area contributed by atoms with E-state index in [9.17, 15) is 9.59 Å². The van der Waals surface area contributed by atoms with Gasteiger partial charge in [0.1, 0.15) is 0 Å². The van der Waals surface area contributed by atoms with Crippen LogP contribution >= 0.6 is 0 Å². The number of hydrogen-bond donors (Lipinski definition) is 0. The first kappa shape index (κ1) is 23.3. The van der Waals surface area contributed by atoms with E-state index in [1.807, 2.05) is 6.08 Å². The van der Waals surface area contributed by atoms with Gasteiger partial charge in [-0.25, -0.2) is 4.79 Å². The van der Waals surface area contributed by atoms with Crippen LogP contribution in [0.4, 0.5) is 0 Å². The lowest BCUT2D eigenvalue weighted by atomic mass is 9.46. The van der Waals surface area contributed by atoms with Gasteiger partial charge in [0.05, 0.1) is 11.6 Å². The summed E-state index contributed by atoms with van der Waals surface area (Å²) in [5.41, 5.74) is 2.93. The van der Waals surface area contributed by atoms with E-state index in [-0.39, 0.29) is 22.7 Å². The fourth-order valence-corrected chi connectivity index (χ4v) is 8.75. The minimum Gasteiger partial charge on any atom is -0.318 e. The molecular formula is C28H42N2O3. The highest BCUT2D eigenvalue weighted by atomic mass is 16.7. The summed E-state index contributed by atoms with van der Waals surface area (Å²) in [6.07, 6.45) is 12.7. The molecule has 182 valence electrons. The van der Waals surface area contributed by atoms with E-state index in [0.717, 1.165) is 63.2 Å². The van der Waals surface area contributed by atoms with Crippen molar-refractivity contribution in [2.45, 2.75) is 85.0 Å². The van der Waals surface area contributed by atoms with Crippen LogP contribution in [0.25, 0.3) is 0 Å². The van der Waals surface area contributed by atoms with Crippen molar-refractivity contribution in [1.82, 2.24) is 4.90 Å². The van der Waals surface area contributed by atoms with Crippen molar-refractivity contribution in [3.63, 3.8) is 0 Å². The van der Waals surface area contributed by atoms with Crippen molar-refractivity contribution in [2.24, 2.45) is 45.6 Å². The van der Waals surface area contributed by atoms with Gasteiger partial charge in [-0.1, -0.05) is 24.6 Å². The predicted octanol–water partition coefficient (Wildman–Crippen LogP) is 5.40. The number of carbonyl (C=O) groups is 2. The Hall–Kier alpha value is -1.49. The first-order valence-corrected chi connectivity index (χ1v) is 13.4. The average molecular weight is 455 g/mol. The Morgan fingerprint density at radius 3 is 2.55 bits per heavy atom. The van der Waals surface area contributed by atoms with Gasteiger partial charge in [-0.05, 0) is 120 Å². The maximum Gasteiger partial charge on any atom is 0.338 e. The first-order valence-electron chi connectivity index (χ1n) is 13.4. The lowest BCUT2D eigenvalue weighted by molar-refractivity contribution is -0.150. The number of nitrogens with zero attached hydrogens (tertiary/aromatic N) is 2. The largest absolute Gasteiger partial charge is 0.338 e. The number of ketones is 1. The molecule has 0 aromatic heterocycles. The highest BCUT2D eigenvalue weighted by molar-refractivity contribution is 5.91. The average Bonchev–Trinajstić information content (AvgIpc) is 3.15. The lowest BCUT2D eigenvalue weighted by Crippen LogP contribution is -2.51. The summed E-state index contributed by atoms with van der Waals surface area (Å²) < 4.78 is 0. The first-order chi connectivity index (χ1) is 15.7. The van der Waals surface area contributed by atoms with Crippen LogP contribution in [0.3, 0.4) is 0 Å². The van der Waals surface area contributed by atoms with Crippen molar-refractivity contribution >= 4 is 17.5 Å². The van der Waals surface area contributed by atoms with Gasteiger partial charge in [0.25, 0.3) is 0 Å². The molecule has 6 atom stereocenters. The summed E-state index contributed by atoms with van der Waals surface area (Å²) in [5, 5.41) is 4.44. The Morgan fingerprint density at radius 2 is 1.79 bits per heavy atom. The molecule has 0 radical (unpaired) electrons. The minimum absolute atomic E-state index is 0.00675. The third kappa shape index (κ3) is 3.92. The van der Waals surface area contributed by atoms with Gasteiger partial charge < -0.3 is 9.74 Å². The molecule has 1 heterocycles. The molecule has 5 aliphatic rings. The zero-order valence-electron chi connectivity index (χ0n) is 21.1. The second kappa shape index (κ2) is 8.62. The van der Waals surface area contributed by atoms with Gasteiger partial charge in [0.2, 0.25) is 0 Å². The van der Waals surface area contributed by atoms with Crippen molar-refractivity contribution in [3.8, 4) is 0 Å². The molecule has 3 saturated carbocycles. The van der Waals surface area contributed by atoms with Crippen molar-refractivity contribution < 1.29 is 14.4 Å². The van der Waals surface area contributed by atoms with Gasteiger partial charge in [0.15, 0.2) is 5.78 Å². The van der Waals surface area contributed by atoms with Crippen molar-refractivity contribution in [1.29, 1.82) is 0 Å². The molecule has 5 heteroatoms. The molecular weight excluding hydrogens is 412 g/mol. The molecule has 5 rings (SSSR count). The van der Waals surface area contributed by atoms with Gasteiger partial charge in [0, 0.05) is 12.3 Å². The summed E-state index contributed by atoms with van der Waals surface area (Å²) in [7, 11) is 2.10. The van der Waals surface area contributed by atoms with Crippen LogP contribution in [-0.2, 0) is 14.4 Å². The van der Waals surface area contributed by atoms with Gasteiger partial charge in [-0.2, -0.15) is 0 Å². The third-order valence-corrected chi connectivity index (χ3v) is 10.8. The number of fused-ring (bicyclic) bond motifs is 5. The highest BCUT2D eigenvalue weighted by Crippen LogP contribution is 2.66. The molecule has 4 aliphatic carbocycles. The van der Waals surface area contributed by atoms with Crippen LogP contribution in [0.2, 0.25) is 0 Å². The van der Waals surface area contributed by atoms with Gasteiger partial charge >= 0.3 is 5.97 Å². The minimum atomic E-state index is -0.141. The highest BCUT2D eigenvalue weighted by Gasteiger charge is 2.59. The van der Waals surface area contributed by atoms with E-state index in [2.05, 4.69) is 37.9 Å². The summed E-state index contributed by atoms with van der Waals surface area (Å²) in [6, 6.07) is 0. The van der Waals surface area contributed by atoms with Gasteiger partial charge in [-0.15, -0.1) is 0 Å². The Balaban J connectivity index is 1.28. The van der Waals surface area contributed by atoms with E-state index in [4.69, 9.17) is 4.84 Å². The molecule has 4 fully saturated rings. The lowest BCUT2D eigenvalue weighted by Gasteiger charge is -2.58. The van der Waals surface area contributed by atoms with Crippen molar-refractivity contribution in [2.75, 3.05) is 20.1 Å². The molecule has 0 bridgehead atoms. The Kier molecular flexibility index (Phi) is 6.08. The molecule has 5 nitrogen and oxygen atoms in total. The summed E-state index contributed by atoms with van der Waals surface area (Å²) in [4.78, 5) is 32.4. The quantitative estimate of drug-likeness (QED) is 0.326. The second-order valence-corrected chi connectivity index (χ2v) is 12.4. The predicted molar refractivity (Wildman–Crippen MR) is 130 cm³/mol. The zero-order chi connectivity index (χ0) is 23.4. The maximum atomic E-state index is 12.6. The fraction of sp³-hybridized carbons (Fsp3) is 0.821. The number of piperidine rings is 1. The smallest absolute Gasteiger partial charge is 0.318 e. The summed E-state index contributed by atoms with van der Waals surface area (Å²) in [5.74, 6) is 2.77. The topological polar surface area (TPSA) is 59.0 Å². The molecule has 1 aliphatic heterocycles. The second-order valence-electron chi connectivity index (χ2n) is 12.4. The van der Waals surface area contributed by atoms with Crippen LogP contribution in [0.1, 0.15) is 85.0 Å². The van der Waals surface area contributed by atoms with E-state index in [1.165, 1.54) is 31.3 Å². The van der Waals surface area contributed by atoms with Crippen LogP contribution in [0, 0.1) is 40.4 Å². The molecule has 33 heavy (non-hydrogen) atoms. The van der Waals surface area contributed by atoms with E-state index < -0.39 is 0 Å². The molecule has 0 N–H and O–H groups in total. The van der Waals surface area contributed by atoms with Crippen LogP contribution in [0.5, 0.6) is 0 Å². The SMILES string of the molecule is CC(=NOC(=O)C1CCN(C)CC1)[C@H]1CC[C@H]2[C@@H]3CCC4=CC(=O)CC[C@]4(C)[C@H]3CC[C@]12C. The van der Waals surface area contributed by atoms with E-state index in [1.54, 1.807) is 0 Å². The summed E-state index contributed by atoms with van der Waals surface area (Å²) in [6.45, 7) is 8.94. The van der Waals surface area contributed by atoms with Crippen LogP contribution in [0.15, 0.2) is 16.8 Å². The number of likely N-dealkylation sites (tertiary alicyclic amines) is 1. The zero-order valence-corrected chi connectivity index (χ0v) is 21.1. The fourth-order valence-electron chi connectivity index (χ4n) is 8.75. The Labute approximate surface area is 199 Å². The Bertz CT molecular complexity index is 870. The normalized spacial score (nSPS) is 42.2. The molecule has 0 amide bonds. The monoisotopic (exact) mass is 454 g/mol. The molecule has 1 saturated heterocycles. The number of oxime groups is 1.